The highest BCUT2D eigenvalue weighted by Crippen LogP contribution is 2.21. The second-order valence-corrected chi connectivity index (χ2v) is 7.45. The lowest BCUT2D eigenvalue weighted by molar-refractivity contribution is 0.00699. The molecular weight excluding hydrogens is 286 g/mol. The van der Waals surface area contributed by atoms with E-state index in [2.05, 4.69) is 17.2 Å². The molecule has 2 unspecified atom stereocenters. The molecule has 0 bridgehead atoms. The van der Waals surface area contributed by atoms with Gasteiger partial charge in [-0.15, -0.1) is 11.3 Å². The van der Waals surface area contributed by atoms with Gasteiger partial charge >= 0.3 is 6.09 Å². The van der Waals surface area contributed by atoms with E-state index in [0.717, 1.165) is 30.9 Å². The molecule has 2 atom stereocenters. The van der Waals surface area contributed by atoms with Crippen LogP contribution in [0.25, 0.3) is 0 Å². The number of hydrogen-bond acceptors (Lipinski definition) is 5. The summed E-state index contributed by atoms with van der Waals surface area (Å²) in [6.07, 6.45) is 3.68. The second kappa shape index (κ2) is 6.75. The van der Waals surface area contributed by atoms with E-state index in [0.29, 0.717) is 0 Å². The van der Waals surface area contributed by atoms with Crippen molar-refractivity contribution in [3.8, 4) is 0 Å². The molecular formula is C15H25N3O2S. The molecule has 2 rings (SSSR count). The fourth-order valence-corrected chi connectivity index (χ4v) is 3.12. The molecule has 0 aliphatic carbocycles. The van der Waals surface area contributed by atoms with Gasteiger partial charge in [-0.25, -0.2) is 9.78 Å². The van der Waals surface area contributed by atoms with Crippen molar-refractivity contribution >= 4 is 17.4 Å². The Balaban J connectivity index is 1.91. The predicted molar refractivity (Wildman–Crippen MR) is 84.4 cm³/mol. The highest BCUT2D eigenvalue weighted by Gasteiger charge is 2.33. The number of thiazole rings is 1. The number of amides is 1. The van der Waals surface area contributed by atoms with Crippen molar-refractivity contribution in [2.75, 3.05) is 6.54 Å². The molecule has 1 aromatic rings. The van der Waals surface area contributed by atoms with Gasteiger partial charge in [0.25, 0.3) is 0 Å². The van der Waals surface area contributed by atoms with Crippen LogP contribution in [0.4, 0.5) is 4.79 Å². The minimum absolute atomic E-state index is 0.133. The number of ether oxygens (including phenoxy) is 1. The van der Waals surface area contributed by atoms with Gasteiger partial charge in [0, 0.05) is 36.8 Å². The highest BCUT2D eigenvalue weighted by molar-refractivity contribution is 7.09. The van der Waals surface area contributed by atoms with E-state index in [9.17, 15) is 4.79 Å². The Morgan fingerprint density at radius 3 is 2.95 bits per heavy atom. The standard InChI is InChI=1S/C15H25N3O2S/c1-11-12(17-10-13-16-7-9-21-13)6-5-8-18(11)14(19)20-15(2,3)4/h7,9,11-12,17H,5-6,8,10H2,1-4H3. The zero-order valence-electron chi connectivity index (χ0n) is 13.3. The van der Waals surface area contributed by atoms with E-state index in [1.54, 1.807) is 11.3 Å². The third-order valence-electron chi connectivity index (χ3n) is 3.62. The lowest BCUT2D eigenvalue weighted by atomic mass is 9.98. The molecule has 1 amide bonds. The summed E-state index contributed by atoms with van der Waals surface area (Å²) in [7, 11) is 0. The third kappa shape index (κ3) is 4.68. The smallest absolute Gasteiger partial charge is 0.410 e. The molecule has 1 aliphatic rings. The number of rotatable bonds is 3. The topological polar surface area (TPSA) is 54.5 Å². The molecule has 1 aliphatic heterocycles. The molecule has 0 spiro atoms. The largest absolute Gasteiger partial charge is 0.444 e. The molecule has 1 fully saturated rings. The second-order valence-electron chi connectivity index (χ2n) is 6.47. The molecule has 2 heterocycles. The molecule has 1 N–H and O–H groups in total. The van der Waals surface area contributed by atoms with Gasteiger partial charge in [-0.2, -0.15) is 0 Å². The molecule has 6 heteroatoms. The average molecular weight is 311 g/mol. The van der Waals surface area contributed by atoms with Crippen LogP contribution in [0, 0.1) is 0 Å². The fraction of sp³-hybridized carbons (Fsp3) is 0.733. The summed E-state index contributed by atoms with van der Waals surface area (Å²) in [4.78, 5) is 18.4. The van der Waals surface area contributed by atoms with E-state index in [1.165, 1.54) is 0 Å². The van der Waals surface area contributed by atoms with Crippen molar-refractivity contribution in [3.63, 3.8) is 0 Å². The van der Waals surface area contributed by atoms with Crippen molar-refractivity contribution in [2.24, 2.45) is 0 Å². The van der Waals surface area contributed by atoms with Gasteiger partial charge in [-0.1, -0.05) is 0 Å². The zero-order chi connectivity index (χ0) is 15.5. The Morgan fingerprint density at radius 2 is 2.33 bits per heavy atom. The maximum Gasteiger partial charge on any atom is 0.410 e. The van der Waals surface area contributed by atoms with Gasteiger partial charge in [-0.3, -0.25) is 0 Å². The van der Waals surface area contributed by atoms with Crippen LogP contribution in [0.5, 0.6) is 0 Å². The minimum Gasteiger partial charge on any atom is -0.444 e. The number of nitrogens with one attached hydrogen (secondary N) is 1. The van der Waals surface area contributed by atoms with Crippen LogP contribution in [0.3, 0.4) is 0 Å². The predicted octanol–water partition coefficient (Wildman–Crippen LogP) is 3.02. The molecule has 1 aromatic heterocycles. The number of piperidine rings is 1. The van der Waals surface area contributed by atoms with Gasteiger partial charge < -0.3 is 15.0 Å². The van der Waals surface area contributed by atoms with E-state index in [1.807, 2.05) is 37.2 Å². The Morgan fingerprint density at radius 1 is 1.57 bits per heavy atom. The SMILES string of the molecule is CC1C(NCc2nccs2)CCCN1C(=O)OC(C)(C)C. The van der Waals surface area contributed by atoms with Crippen molar-refractivity contribution in [2.45, 2.75) is 64.8 Å². The van der Waals surface area contributed by atoms with Crippen molar-refractivity contribution in [1.29, 1.82) is 0 Å². The number of carbonyl (C=O) groups is 1. The van der Waals surface area contributed by atoms with Gasteiger partial charge in [-0.05, 0) is 40.5 Å². The molecule has 5 nitrogen and oxygen atoms in total. The fourth-order valence-electron chi connectivity index (χ4n) is 2.55. The van der Waals surface area contributed by atoms with Crippen LogP contribution in [-0.4, -0.2) is 40.2 Å². The first-order valence-electron chi connectivity index (χ1n) is 7.48. The van der Waals surface area contributed by atoms with Gasteiger partial charge in [0.05, 0.1) is 0 Å². The summed E-state index contributed by atoms with van der Waals surface area (Å²) in [6, 6.07) is 0.420. The molecule has 0 radical (unpaired) electrons. The van der Waals surface area contributed by atoms with Crippen LogP contribution in [-0.2, 0) is 11.3 Å². The van der Waals surface area contributed by atoms with Crippen LogP contribution in [0.2, 0.25) is 0 Å². The maximum atomic E-state index is 12.3. The maximum absolute atomic E-state index is 12.3. The quantitative estimate of drug-likeness (QED) is 0.932. The Bertz CT molecular complexity index is 456. The van der Waals surface area contributed by atoms with Crippen molar-refractivity contribution < 1.29 is 9.53 Å². The number of nitrogens with zero attached hydrogens (tertiary/aromatic N) is 2. The Kier molecular flexibility index (Phi) is 5.22. The van der Waals surface area contributed by atoms with Crippen LogP contribution in [0.15, 0.2) is 11.6 Å². The van der Waals surface area contributed by atoms with Gasteiger partial charge in [0.1, 0.15) is 10.6 Å². The number of hydrogen-bond donors (Lipinski definition) is 1. The van der Waals surface area contributed by atoms with E-state index < -0.39 is 5.60 Å². The molecule has 0 saturated carbocycles. The normalized spacial score (nSPS) is 23.1. The first-order valence-corrected chi connectivity index (χ1v) is 8.36. The summed E-state index contributed by atoms with van der Waals surface area (Å²) >= 11 is 1.65. The lowest BCUT2D eigenvalue weighted by Gasteiger charge is -2.40. The third-order valence-corrected chi connectivity index (χ3v) is 4.39. The van der Waals surface area contributed by atoms with Gasteiger partial charge in [0.2, 0.25) is 0 Å². The lowest BCUT2D eigenvalue weighted by Crippen LogP contribution is -2.55. The first kappa shape index (κ1) is 16.2. The number of aromatic nitrogens is 1. The van der Waals surface area contributed by atoms with Crippen molar-refractivity contribution in [1.82, 2.24) is 15.2 Å². The monoisotopic (exact) mass is 311 g/mol. The van der Waals surface area contributed by atoms with Crippen LogP contribution >= 0.6 is 11.3 Å². The molecule has 1 saturated heterocycles. The number of likely N-dealkylation sites (tertiary alicyclic amines) is 1. The Labute approximate surface area is 130 Å². The van der Waals surface area contributed by atoms with E-state index in [-0.39, 0.29) is 18.2 Å². The van der Waals surface area contributed by atoms with Gasteiger partial charge in [0.15, 0.2) is 0 Å². The van der Waals surface area contributed by atoms with Crippen molar-refractivity contribution in [3.05, 3.63) is 16.6 Å². The summed E-state index contributed by atoms with van der Waals surface area (Å²) in [5.74, 6) is 0. The minimum atomic E-state index is -0.446. The van der Waals surface area contributed by atoms with E-state index >= 15 is 0 Å². The van der Waals surface area contributed by atoms with Crippen LogP contribution in [0.1, 0.15) is 45.5 Å². The summed E-state index contributed by atoms with van der Waals surface area (Å²) in [6.45, 7) is 9.32. The average Bonchev–Trinajstić information content (AvgIpc) is 2.88. The first-order chi connectivity index (χ1) is 9.87. The molecule has 118 valence electrons. The Hall–Kier alpha value is -1.14. The zero-order valence-corrected chi connectivity index (χ0v) is 14.1. The van der Waals surface area contributed by atoms with Crippen LogP contribution < -0.4 is 5.32 Å². The summed E-state index contributed by atoms with van der Waals surface area (Å²) < 4.78 is 5.50. The summed E-state index contributed by atoms with van der Waals surface area (Å²) in [5.41, 5.74) is -0.446. The van der Waals surface area contributed by atoms with E-state index in [4.69, 9.17) is 4.74 Å². The summed E-state index contributed by atoms with van der Waals surface area (Å²) in [5, 5.41) is 6.58. The molecule has 0 aromatic carbocycles. The highest BCUT2D eigenvalue weighted by atomic mass is 32.1. The number of carbonyl (C=O) groups excluding carboxylic acids is 1. The molecule has 21 heavy (non-hydrogen) atoms.